The lowest BCUT2D eigenvalue weighted by Gasteiger charge is -2.18. The second-order valence-electron chi connectivity index (χ2n) is 4.73. The van der Waals surface area contributed by atoms with E-state index in [-0.39, 0.29) is 11.9 Å². The third-order valence-corrected chi connectivity index (χ3v) is 3.29. The van der Waals surface area contributed by atoms with Gasteiger partial charge in [0.25, 0.3) is 0 Å². The fourth-order valence-corrected chi connectivity index (χ4v) is 2.30. The van der Waals surface area contributed by atoms with Crippen molar-refractivity contribution in [2.75, 3.05) is 0 Å². The molecule has 0 bridgehead atoms. The van der Waals surface area contributed by atoms with Gasteiger partial charge in [0.15, 0.2) is 0 Å². The van der Waals surface area contributed by atoms with Gasteiger partial charge in [-0.3, -0.25) is 0 Å². The van der Waals surface area contributed by atoms with Gasteiger partial charge in [-0.15, -0.1) is 0 Å². The highest BCUT2D eigenvalue weighted by molar-refractivity contribution is 5.76. The van der Waals surface area contributed by atoms with E-state index < -0.39 is 0 Å². The van der Waals surface area contributed by atoms with Crippen LogP contribution in [-0.4, -0.2) is 11.3 Å². The zero-order chi connectivity index (χ0) is 13.9. The van der Waals surface area contributed by atoms with Crippen molar-refractivity contribution < 1.29 is 5.11 Å². The molecule has 0 aliphatic carbocycles. The van der Waals surface area contributed by atoms with Crippen LogP contribution in [0.3, 0.4) is 0 Å². The van der Waals surface area contributed by atoms with Crippen LogP contribution < -0.4 is 11.1 Å². The Balaban J connectivity index is 2.01. The van der Waals surface area contributed by atoms with Crippen molar-refractivity contribution in [3.8, 4) is 16.9 Å². The largest absolute Gasteiger partial charge is 0.507 e. The molecule has 0 spiro atoms. The van der Waals surface area contributed by atoms with Crippen molar-refractivity contribution in [3.05, 3.63) is 72.3 Å². The average molecular weight is 264 g/mol. The topological polar surface area (TPSA) is 58.3 Å². The van der Waals surface area contributed by atoms with Crippen LogP contribution in [0.25, 0.3) is 16.8 Å². The number of hydrogen-bond acceptors (Lipinski definition) is 3. The molecule has 0 radical (unpaired) electrons. The van der Waals surface area contributed by atoms with Gasteiger partial charge in [0, 0.05) is 11.3 Å². The summed E-state index contributed by atoms with van der Waals surface area (Å²) in [6.07, 6.45) is 5.68. The van der Waals surface area contributed by atoms with Gasteiger partial charge < -0.3 is 16.2 Å². The number of nitrogens with one attached hydrogen (secondary N) is 1. The summed E-state index contributed by atoms with van der Waals surface area (Å²) in [5.74, 6) is 0.284. The number of dihydropyridines is 1. The highest BCUT2D eigenvalue weighted by atomic mass is 16.3. The maximum atomic E-state index is 9.95. The first-order chi connectivity index (χ1) is 9.74. The van der Waals surface area contributed by atoms with E-state index in [1.807, 2.05) is 60.7 Å². The fourth-order valence-electron chi connectivity index (χ4n) is 2.30. The molecule has 1 unspecified atom stereocenters. The van der Waals surface area contributed by atoms with Crippen LogP contribution >= 0.6 is 0 Å². The quantitative estimate of drug-likeness (QED) is 0.781. The van der Waals surface area contributed by atoms with Crippen molar-refractivity contribution in [1.82, 2.24) is 5.32 Å². The Morgan fingerprint density at radius 1 is 1.00 bits per heavy atom. The third kappa shape index (κ3) is 2.44. The van der Waals surface area contributed by atoms with Gasteiger partial charge >= 0.3 is 0 Å². The molecular formula is C17H16N2O. The van der Waals surface area contributed by atoms with E-state index in [0.717, 1.165) is 22.4 Å². The summed E-state index contributed by atoms with van der Waals surface area (Å²) in [4.78, 5) is 0. The zero-order valence-corrected chi connectivity index (χ0v) is 11.0. The van der Waals surface area contributed by atoms with Crippen molar-refractivity contribution in [3.63, 3.8) is 0 Å². The van der Waals surface area contributed by atoms with E-state index in [4.69, 9.17) is 5.73 Å². The second kappa shape index (κ2) is 5.23. The van der Waals surface area contributed by atoms with E-state index in [1.54, 1.807) is 6.07 Å². The Morgan fingerprint density at radius 2 is 1.80 bits per heavy atom. The van der Waals surface area contributed by atoms with Gasteiger partial charge in [0.05, 0.1) is 6.17 Å². The number of phenolic OH excluding ortho intramolecular Hbond substituents is 1. The monoisotopic (exact) mass is 264 g/mol. The second-order valence-corrected chi connectivity index (χ2v) is 4.73. The molecule has 1 aliphatic heterocycles. The molecule has 20 heavy (non-hydrogen) atoms. The number of nitrogens with two attached hydrogens (primary N) is 1. The van der Waals surface area contributed by atoms with Gasteiger partial charge in [-0.25, -0.2) is 0 Å². The number of para-hydroxylation sites is 1. The highest BCUT2D eigenvalue weighted by Gasteiger charge is 2.09. The summed E-state index contributed by atoms with van der Waals surface area (Å²) in [5.41, 5.74) is 9.69. The summed E-state index contributed by atoms with van der Waals surface area (Å²) in [5, 5.41) is 13.2. The molecule has 0 saturated carbocycles. The minimum Gasteiger partial charge on any atom is -0.507 e. The molecule has 1 atom stereocenters. The standard InChI is InChI=1S/C17H16N2O/c18-17-10-4-8-15(19-17)13-6-3-5-12(11-13)14-7-1-2-9-16(14)20/h1-11,17,19-20H,18H2. The summed E-state index contributed by atoms with van der Waals surface area (Å²) < 4.78 is 0. The maximum Gasteiger partial charge on any atom is 0.123 e. The number of rotatable bonds is 2. The van der Waals surface area contributed by atoms with Crippen molar-refractivity contribution in [2.24, 2.45) is 5.73 Å². The van der Waals surface area contributed by atoms with Crippen molar-refractivity contribution in [1.29, 1.82) is 0 Å². The summed E-state index contributed by atoms with van der Waals surface area (Å²) in [7, 11) is 0. The van der Waals surface area contributed by atoms with Crippen molar-refractivity contribution in [2.45, 2.75) is 6.17 Å². The lowest BCUT2D eigenvalue weighted by Crippen LogP contribution is -2.35. The van der Waals surface area contributed by atoms with E-state index in [1.165, 1.54) is 0 Å². The molecule has 0 amide bonds. The van der Waals surface area contributed by atoms with E-state index in [9.17, 15) is 5.11 Å². The maximum absolute atomic E-state index is 9.95. The molecule has 2 aromatic carbocycles. The average Bonchev–Trinajstić information content (AvgIpc) is 2.48. The number of hydrogen-bond donors (Lipinski definition) is 3. The van der Waals surface area contributed by atoms with Crippen LogP contribution in [0.1, 0.15) is 5.56 Å². The Labute approximate surface area is 118 Å². The van der Waals surface area contributed by atoms with Crippen LogP contribution in [-0.2, 0) is 0 Å². The Bertz CT molecular complexity index is 689. The Kier molecular flexibility index (Phi) is 3.27. The van der Waals surface area contributed by atoms with Gasteiger partial charge in [-0.1, -0.05) is 42.5 Å². The Hall–Kier alpha value is -2.52. The number of phenols is 1. The molecule has 0 fully saturated rings. The van der Waals surface area contributed by atoms with Gasteiger partial charge in [-0.05, 0) is 35.4 Å². The zero-order valence-electron chi connectivity index (χ0n) is 11.0. The van der Waals surface area contributed by atoms with Gasteiger partial charge in [-0.2, -0.15) is 0 Å². The number of benzene rings is 2. The lowest BCUT2D eigenvalue weighted by molar-refractivity contribution is 0.477. The first kappa shape index (κ1) is 12.5. The van der Waals surface area contributed by atoms with E-state index in [2.05, 4.69) is 5.32 Å². The van der Waals surface area contributed by atoms with Gasteiger partial charge in [0.1, 0.15) is 5.75 Å². The molecule has 2 aromatic rings. The molecule has 0 aromatic heterocycles. The van der Waals surface area contributed by atoms with Crippen LogP contribution in [0.5, 0.6) is 5.75 Å². The minimum absolute atomic E-state index is 0.163. The summed E-state index contributed by atoms with van der Waals surface area (Å²) in [6, 6.07) is 15.4. The molecular weight excluding hydrogens is 248 g/mol. The minimum atomic E-state index is -0.163. The first-order valence-corrected chi connectivity index (χ1v) is 6.53. The SMILES string of the molecule is NC1C=CC=C(c2cccc(-c3ccccc3O)c2)N1. The molecule has 3 heteroatoms. The molecule has 1 heterocycles. The smallest absolute Gasteiger partial charge is 0.123 e. The number of aromatic hydroxyl groups is 1. The van der Waals surface area contributed by atoms with E-state index >= 15 is 0 Å². The van der Waals surface area contributed by atoms with Crippen LogP contribution in [0.2, 0.25) is 0 Å². The molecule has 1 aliphatic rings. The molecule has 4 N–H and O–H groups in total. The molecule has 100 valence electrons. The first-order valence-electron chi connectivity index (χ1n) is 6.53. The third-order valence-electron chi connectivity index (χ3n) is 3.29. The summed E-state index contributed by atoms with van der Waals surface area (Å²) in [6.45, 7) is 0. The highest BCUT2D eigenvalue weighted by Crippen LogP contribution is 2.30. The summed E-state index contributed by atoms with van der Waals surface area (Å²) >= 11 is 0. The fraction of sp³-hybridized carbons (Fsp3) is 0.0588. The molecule has 3 nitrogen and oxygen atoms in total. The van der Waals surface area contributed by atoms with Crippen molar-refractivity contribution >= 4 is 5.70 Å². The Morgan fingerprint density at radius 3 is 2.60 bits per heavy atom. The predicted molar refractivity (Wildman–Crippen MR) is 81.8 cm³/mol. The van der Waals surface area contributed by atoms with Crippen LogP contribution in [0, 0.1) is 0 Å². The molecule has 3 rings (SSSR count). The normalized spacial score (nSPS) is 17.4. The lowest BCUT2D eigenvalue weighted by atomic mass is 10.00. The van der Waals surface area contributed by atoms with E-state index in [0.29, 0.717) is 0 Å². The van der Waals surface area contributed by atoms with Crippen LogP contribution in [0.15, 0.2) is 66.8 Å². The van der Waals surface area contributed by atoms with Gasteiger partial charge in [0.2, 0.25) is 0 Å². The van der Waals surface area contributed by atoms with Crippen LogP contribution in [0.4, 0.5) is 0 Å². The number of allylic oxidation sites excluding steroid dienone is 2. The predicted octanol–water partition coefficient (Wildman–Crippen LogP) is 2.84. The molecule has 0 saturated heterocycles.